The smallest absolute Gasteiger partial charge is 0.309 e. The molecule has 2 saturated heterocycles. The highest BCUT2D eigenvalue weighted by Gasteiger charge is 2.33. The molecule has 0 spiro atoms. The number of amides is 1. The van der Waals surface area contributed by atoms with Crippen LogP contribution < -0.4 is 10.5 Å². The van der Waals surface area contributed by atoms with E-state index in [0.717, 1.165) is 11.1 Å². The van der Waals surface area contributed by atoms with E-state index < -0.39 is 0 Å². The van der Waals surface area contributed by atoms with Gasteiger partial charge in [-0.2, -0.15) is 0 Å². The van der Waals surface area contributed by atoms with Crippen molar-refractivity contribution < 1.29 is 14.3 Å². The summed E-state index contributed by atoms with van der Waals surface area (Å²) in [5.41, 5.74) is 2.65. The molecule has 2 fully saturated rings. The Kier molecular flexibility index (Phi) is 8.13. The van der Waals surface area contributed by atoms with Crippen LogP contribution in [0.25, 0.3) is 11.7 Å². The van der Waals surface area contributed by atoms with E-state index in [1.165, 1.54) is 16.2 Å². The molecule has 1 amide bonds. The molecular weight excluding hydrogens is 532 g/mol. The standard InChI is InChI=1S/C29H30N4O4S2/c1-3-37-28(36)21-12-15-31(16-13-21)25-22(26(34)32-14-7-8-19(2)24(32)30-25)18-23-27(35)33(29(38)39-23)17-11-20-9-5-4-6-10-20/h4-10,14,18,21H,3,11-13,15-17H2,1-2H3. The summed E-state index contributed by atoms with van der Waals surface area (Å²) < 4.78 is 7.21. The lowest BCUT2D eigenvalue weighted by molar-refractivity contribution is -0.148. The second-order valence-electron chi connectivity index (χ2n) is 9.62. The second kappa shape index (κ2) is 11.7. The Hall–Kier alpha value is -3.50. The van der Waals surface area contributed by atoms with E-state index in [0.29, 0.717) is 71.8 Å². The predicted molar refractivity (Wildman–Crippen MR) is 158 cm³/mol. The van der Waals surface area contributed by atoms with Gasteiger partial charge in [0.25, 0.3) is 11.5 Å². The lowest BCUT2D eigenvalue weighted by Crippen LogP contribution is -2.39. The molecule has 0 aliphatic carbocycles. The van der Waals surface area contributed by atoms with Crippen LogP contribution >= 0.6 is 24.0 Å². The molecule has 0 saturated carbocycles. The van der Waals surface area contributed by atoms with Crippen molar-refractivity contribution in [3.63, 3.8) is 0 Å². The van der Waals surface area contributed by atoms with Crippen LogP contribution in [0.3, 0.4) is 0 Å². The van der Waals surface area contributed by atoms with Crippen molar-refractivity contribution in [2.45, 2.75) is 33.1 Å². The molecule has 0 unspecified atom stereocenters. The van der Waals surface area contributed by atoms with Gasteiger partial charge >= 0.3 is 5.97 Å². The molecule has 8 nitrogen and oxygen atoms in total. The third-order valence-electron chi connectivity index (χ3n) is 7.09. The molecule has 0 radical (unpaired) electrons. The van der Waals surface area contributed by atoms with Crippen LogP contribution in [0.4, 0.5) is 5.82 Å². The van der Waals surface area contributed by atoms with Crippen LogP contribution in [0.15, 0.2) is 58.4 Å². The number of hydrogen-bond donors (Lipinski definition) is 0. The summed E-state index contributed by atoms with van der Waals surface area (Å²) in [7, 11) is 0. The Morgan fingerprint density at radius 2 is 1.90 bits per heavy atom. The second-order valence-corrected chi connectivity index (χ2v) is 11.3. The van der Waals surface area contributed by atoms with Crippen LogP contribution in [0.5, 0.6) is 0 Å². The van der Waals surface area contributed by atoms with Gasteiger partial charge in [0.1, 0.15) is 15.8 Å². The third-order valence-corrected chi connectivity index (χ3v) is 8.47. The van der Waals surface area contributed by atoms with Gasteiger partial charge in [-0.05, 0) is 56.4 Å². The number of benzene rings is 1. The zero-order valence-corrected chi connectivity index (χ0v) is 23.6. The summed E-state index contributed by atoms with van der Waals surface area (Å²) in [4.78, 5) is 48.4. The number of nitrogens with zero attached hydrogens (tertiary/aromatic N) is 4. The van der Waals surface area contributed by atoms with Crippen LogP contribution in [0, 0.1) is 12.8 Å². The normalized spacial score (nSPS) is 17.4. The monoisotopic (exact) mass is 562 g/mol. The minimum Gasteiger partial charge on any atom is -0.466 e. The van der Waals surface area contributed by atoms with Crippen molar-refractivity contribution in [2.24, 2.45) is 5.92 Å². The Morgan fingerprint density at radius 3 is 2.62 bits per heavy atom. The van der Waals surface area contributed by atoms with Crippen molar-refractivity contribution in [3.8, 4) is 0 Å². The van der Waals surface area contributed by atoms with Gasteiger partial charge in [0.05, 0.1) is 23.0 Å². The van der Waals surface area contributed by atoms with Crippen molar-refractivity contribution in [3.05, 3.63) is 80.6 Å². The largest absolute Gasteiger partial charge is 0.466 e. The number of thioether (sulfide) groups is 1. The van der Waals surface area contributed by atoms with Gasteiger partial charge < -0.3 is 9.64 Å². The molecule has 2 aliphatic heterocycles. The number of aromatic nitrogens is 2. The lowest BCUT2D eigenvalue weighted by atomic mass is 9.96. The number of esters is 1. The highest BCUT2D eigenvalue weighted by atomic mass is 32.2. The number of aryl methyl sites for hydroxylation is 1. The molecule has 0 bridgehead atoms. The molecule has 0 N–H and O–H groups in total. The van der Waals surface area contributed by atoms with Gasteiger partial charge in [-0.3, -0.25) is 23.7 Å². The topological polar surface area (TPSA) is 84.2 Å². The minimum absolute atomic E-state index is 0.172. The summed E-state index contributed by atoms with van der Waals surface area (Å²) in [5, 5.41) is 0. The number of carbonyl (C=O) groups excluding carboxylic acids is 2. The van der Waals surface area contributed by atoms with Crippen molar-refractivity contribution >= 4 is 57.7 Å². The Morgan fingerprint density at radius 1 is 1.15 bits per heavy atom. The first-order valence-electron chi connectivity index (χ1n) is 13.1. The van der Waals surface area contributed by atoms with Gasteiger partial charge in [0.2, 0.25) is 0 Å². The minimum atomic E-state index is -0.249. The van der Waals surface area contributed by atoms with E-state index in [2.05, 4.69) is 0 Å². The Bertz CT molecular complexity index is 1510. The highest BCUT2D eigenvalue weighted by molar-refractivity contribution is 8.26. The van der Waals surface area contributed by atoms with E-state index in [9.17, 15) is 14.4 Å². The van der Waals surface area contributed by atoms with E-state index in [4.69, 9.17) is 21.9 Å². The first kappa shape index (κ1) is 27.1. The Labute approximate surface area is 236 Å². The number of hydrogen-bond acceptors (Lipinski definition) is 8. The van der Waals surface area contributed by atoms with Crippen molar-refractivity contribution in [2.75, 3.05) is 31.1 Å². The fraction of sp³-hybridized carbons (Fsp3) is 0.345. The van der Waals surface area contributed by atoms with Gasteiger partial charge in [-0.25, -0.2) is 4.98 Å². The van der Waals surface area contributed by atoms with Gasteiger partial charge in [0, 0.05) is 25.8 Å². The number of ether oxygens (including phenoxy) is 1. The molecule has 10 heteroatoms. The molecule has 0 atom stereocenters. The molecule has 1 aromatic carbocycles. The van der Waals surface area contributed by atoms with E-state index >= 15 is 0 Å². The summed E-state index contributed by atoms with van der Waals surface area (Å²) in [6.45, 7) is 5.64. The number of rotatable bonds is 7. The van der Waals surface area contributed by atoms with Crippen LogP contribution in [0.1, 0.15) is 36.5 Å². The zero-order valence-electron chi connectivity index (χ0n) is 22.0. The maximum atomic E-state index is 13.8. The Balaban J connectivity index is 1.47. The molecule has 2 aliphatic rings. The predicted octanol–water partition coefficient (Wildman–Crippen LogP) is 4.23. The number of pyridine rings is 1. The number of fused-ring (bicyclic) bond motifs is 1. The van der Waals surface area contributed by atoms with Gasteiger partial charge in [0.15, 0.2) is 0 Å². The average Bonchev–Trinajstić information content (AvgIpc) is 3.21. The van der Waals surface area contributed by atoms with Gasteiger partial charge in [-0.1, -0.05) is 60.4 Å². The summed E-state index contributed by atoms with van der Waals surface area (Å²) in [6.07, 6.45) is 5.22. The third kappa shape index (κ3) is 5.62. The number of anilines is 1. The number of piperidine rings is 1. The quantitative estimate of drug-likeness (QED) is 0.240. The first-order chi connectivity index (χ1) is 18.9. The molecule has 39 heavy (non-hydrogen) atoms. The SMILES string of the molecule is CCOC(=O)C1CCN(c2nc3c(C)cccn3c(=O)c2C=C2SC(=S)N(CCc3ccccc3)C2=O)CC1. The number of carbonyl (C=O) groups is 2. The van der Waals surface area contributed by atoms with Crippen molar-refractivity contribution in [1.29, 1.82) is 0 Å². The fourth-order valence-electron chi connectivity index (χ4n) is 4.96. The summed E-state index contributed by atoms with van der Waals surface area (Å²) in [6, 6.07) is 13.7. The summed E-state index contributed by atoms with van der Waals surface area (Å²) >= 11 is 6.75. The van der Waals surface area contributed by atoms with Gasteiger partial charge in [-0.15, -0.1) is 0 Å². The molecule has 5 rings (SSSR count). The first-order valence-corrected chi connectivity index (χ1v) is 14.3. The molecule has 2 aromatic heterocycles. The van der Waals surface area contributed by atoms with Crippen LogP contribution in [-0.2, 0) is 20.7 Å². The number of thiocarbonyl (C=S) groups is 1. The van der Waals surface area contributed by atoms with E-state index in [1.54, 1.807) is 24.1 Å². The molecular formula is C29H30N4O4S2. The highest BCUT2D eigenvalue weighted by Crippen LogP contribution is 2.34. The molecule has 202 valence electrons. The van der Waals surface area contributed by atoms with Crippen LogP contribution in [0.2, 0.25) is 0 Å². The van der Waals surface area contributed by atoms with Crippen LogP contribution in [-0.4, -0.2) is 56.7 Å². The zero-order chi connectivity index (χ0) is 27.5. The maximum absolute atomic E-state index is 13.8. The van der Waals surface area contributed by atoms with E-state index in [-0.39, 0.29) is 23.4 Å². The maximum Gasteiger partial charge on any atom is 0.309 e. The van der Waals surface area contributed by atoms with Crippen molar-refractivity contribution in [1.82, 2.24) is 14.3 Å². The molecule has 4 heterocycles. The lowest BCUT2D eigenvalue weighted by Gasteiger charge is -2.32. The fourth-order valence-corrected chi connectivity index (χ4v) is 6.25. The summed E-state index contributed by atoms with van der Waals surface area (Å²) in [5.74, 6) is -0.0412. The van der Waals surface area contributed by atoms with E-state index in [1.807, 2.05) is 54.3 Å². The molecule has 3 aromatic rings. The average molecular weight is 563 g/mol.